The molecule has 3 nitrogen and oxygen atoms in total. The van der Waals surface area contributed by atoms with E-state index in [1.165, 1.54) is 12.7 Å². The summed E-state index contributed by atoms with van der Waals surface area (Å²) in [6, 6.07) is 7.71. The van der Waals surface area contributed by atoms with Crippen LogP contribution in [0.15, 0.2) is 24.3 Å². The Hall–Kier alpha value is -1.35. The number of rotatable bonds is 2. The summed E-state index contributed by atoms with van der Waals surface area (Å²) in [7, 11) is 3.51. The van der Waals surface area contributed by atoms with Gasteiger partial charge in [0.2, 0.25) is 0 Å². The minimum Gasteiger partial charge on any atom is -0.465 e. The third kappa shape index (κ3) is 2.02. The minimum atomic E-state index is -0.260. The molecule has 0 N–H and O–H groups in total. The van der Waals surface area contributed by atoms with Crippen molar-refractivity contribution in [1.82, 2.24) is 4.90 Å². The summed E-state index contributed by atoms with van der Waals surface area (Å²) in [5, 5.41) is 0. The highest BCUT2D eigenvalue weighted by molar-refractivity contribution is 5.89. The zero-order chi connectivity index (χ0) is 10.8. The Morgan fingerprint density at radius 2 is 2.20 bits per heavy atom. The second kappa shape index (κ2) is 4.03. The lowest BCUT2D eigenvalue weighted by Gasteiger charge is -2.36. The molecule has 1 aromatic rings. The van der Waals surface area contributed by atoms with Gasteiger partial charge in [0.15, 0.2) is 0 Å². The van der Waals surface area contributed by atoms with Crippen LogP contribution < -0.4 is 0 Å². The van der Waals surface area contributed by atoms with Crippen LogP contribution in [0.1, 0.15) is 21.8 Å². The van der Waals surface area contributed by atoms with Crippen molar-refractivity contribution in [1.29, 1.82) is 0 Å². The molecule has 3 heteroatoms. The third-order valence-electron chi connectivity index (χ3n) is 2.84. The Morgan fingerprint density at radius 1 is 1.47 bits per heavy atom. The number of esters is 1. The molecule has 0 atom stereocenters. The molecule has 0 amide bonds. The van der Waals surface area contributed by atoms with Gasteiger partial charge in [-0.2, -0.15) is 0 Å². The van der Waals surface area contributed by atoms with Gasteiger partial charge in [0.1, 0.15) is 0 Å². The fourth-order valence-corrected chi connectivity index (χ4v) is 1.95. The first kappa shape index (κ1) is 10.2. The number of carbonyl (C=O) groups excluding carboxylic acids is 1. The van der Waals surface area contributed by atoms with Crippen LogP contribution in [0.2, 0.25) is 0 Å². The first-order chi connectivity index (χ1) is 7.20. The van der Waals surface area contributed by atoms with Gasteiger partial charge in [0, 0.05) is 19.0 Å². The van der Waals surface area contributed by atoms with E-state index in [9.17, 15) is 4.79 Å². The molecule has 1 aromatic carbocycles. The van der Waals surface area contributed by atoms with Crippen LogP contribution in [0.4, 0.5) is 0 Å². The molecular weight excluding hydrogens is 190 g/mol. The van der Waals surface area contributed by atoms with E-state index in [1.807, 2.05) is 12.1 Å². The van der Waals surface area contributed by atoms with Crippen LogP contribution >= 0.6 is 0 Å². The van der Waals surface area contributed by atoms with Gasteiger partial charge in [-0.3, -0.25) is 0 Å². The van der Waals surface area contributed by atoms with E-state index in [4.69, 9.17) is 4.74 Å². The van der Waals surface area contributed by atoms with Crippen molar-refractivity contribution in [3.8, 4) is 0 Å². The normalized spacial score (nSPS) is 17.2. The first-order valence-corrected chi connectivity index (χ1v) is 5.07. The first-order valence-electron chi connectivity index (χ1n) is 5.07. The van der Waals surface area contributed by atoms with Gasteiger partial charge < -0.3 is 9.64 Å². The molecule has 2 rings (SSSR count). The van der Waals surface area contributed by atoms with Crippen molar-refractivity contribution >= 4 is 5.97 Å². The van der Waals surface area contributed by atoms with E-state index >= 15 is 0 Å². The summed E-state index contributed by atoms with van der Waals surface area (Å²) >= 11 is 0. The molecule has 0 aromatic heterocycles. The molecule has 0 unspecified atom stereocenters. The van der Waals surface area contributed by atoms with Crippen molar-refractivity contribution < 1.29 is 9.53 Å². The maximum atomic E-state index is 11.3. The van der Waals surface area contributed by atoms with Crippen molar-refractivity contribution in [3.63, 3.8) is 0 Å². The Kier molecular flexibility index (Phi) is 2.73. The standard InChI is InChI=1S/C12H15NO2/c1-13-7-11(8-13)9-4-3-5-10(6-9)12(14)15-2/h3-6,11H,7-8H2,1-2H3. The summed E-state index contributed by atoms with van der Waals surface area (Å²) < 4.78 is 4.69. The smallest absolute Gasteiger partial charge is 0.337 e. The summed E-state index contributed by atoms with van der Waals surface area (Å²) in [6.07, 6.45) is 0. The third-order valence-corrected chi connectivity index (χ3v) is 2.84. The van der Waals surface area contributed by atoms with E-state index < -0.39 is 0 Å². The maximum Gasteiger partial charge on any atom is 0.337 e. The van der Waals surface area contributed by atoms with Crippen LogP contribution in [-0.2, 0) is 4.74 Å². The molecule has 15 heavy (non-hydrogen) atoms. The summed E-state index contributed by atoms with van der Waals surface area (Å²) in [4.78, 5) is 13.6. The molecule has 0 bridgehead atoms. The van der Waals surface area contributed by atoms with E-state index in [1.54, 1.807) is 6.07 Å². The number of hydrogen-bond donors (Lipinski definition) is 0. The highest BCUT2D eigenvalue weighted by atomic mass is 16.5. The van der Waals surface area contributed by atoms with Crippen LogP contribution in [0.25, 0.3) is 0 Å². The predicted molar refractivity (Wildman–Crippen MR) is 58.0 cm³/mol. The van der Waals surface area contributed by atoms with Crippen molar-refractivity contribution in [3.05, 3.63) is 35.4 Å². The number of likely N-dealkylation sites (N-methyl/N-ethyl adjacent to an activating group) is 1. The Bertz CT molecular complexity index is 370. The summed E-state index contributed by atoms with van der Waals surface area (Å²) in [5.74, 6) is 0.309. The minimum absolute atomic E-state index is 0.260. The highest BCUT2D eigenvalue weighted by Crippen LogP contribution is 2.26. The summed E-state index contributed by atoms with van der Waals surface area (Å²) in [5.41, 5.74) is 1.88. The average molecular weight is 205 g/mol. The predicted octanol–water partition coefficient (Wildman–Crippen LogP) is 1.50. The molecular formula is C12H15NO2. The molecule has 0 spiro atoms. The number of carbonyl (C=O) groups is 1. The quantitative estimate of drug-likeness (QED) is 0.685. The lowest BCUT2D eigenvalue weighted by atomic mass is 9.91. The Balaban J connectivity index is 2.16. The number of nitrogens with zero attached hydrogens (tertiary/aromatic N) is 1. The summed E-state index contributed by atoms with van der Waals surface area (Å²) in [6.45, 7) is 2.15. The lowest BCUT2D eigenvalue weighted by molar-refractivity contribution is 0.0600. The number of benzene rings is 1. The molecule has 0 aliphatic carbocycles. The zero-order valence-electron chi connectivity index (χ0n) is 9.06. The molecule has 1 fully saturated rings. The molecule has 80 valence electrons. The van der Waals surface area contributed by atoms with E-state index in [2.05, 4.69) is 18.0 Å². The van der Waals surface area contributed by atoms with Crippen LogP contribution in [0, 0.1) is 0 Å². The zero-order valence-corrected chi connectivity index (χ0v) is 9.06. The topological polar surface area (TPSA) is 29.5 Å². The number of likely N-dealkylation sites (tertiary alicyclic amines) is 1. The SMILES string of the molecule is COC(=O)c1cccc(C2CN(C)C2)c1. The highest BCUT2D eigenvalue weighted by Gasteiger charge is 2.25. The van der Waals surface area contributed by atoms with E-state index in [-0.39, 0.29) is 5.97 Å². The largest absolute Gasteiger partial charge is 0.465 e. The van der Waals surface area contributed by atoms with Gasteiger partial charge in [0.25, 0.3) is 0 Å². The van der Waals surface area contributed by atoms with Gasteiger partial charge in [0.05, 0.1) is 12.7 Å². The molecule has 1 heterocycles. The Labute approximate surface area is 89.7 Å². The van der Waals surface area contributed by atoms with Gasteiger partial charge in [-0.25, -0.2) is 4.79 Å². The maximum absolute atomic E-state index is 11.3. The molecule has 1 aliphatic heterocycles. The monoisotopic (exact) mass is 205 g/mol. The second-order valence-corrected chi connectivity index (χ2v) is 4.04. The van der Waals surface area contributed by atoms with E-state index in [0.29, 0.717) is 11.5 Å². The van der Waals surface area contributed by atoms with Crippen LogP contribution in [-0.4, -0.2) is 38.1 Å². The Morgan fingerprint density at radius 3 is 2.80 bits per heavy atom. The fraction of sp³-hybridized carbons (Fsp3) is 0.417. The second-order valence-electron chi connectivity index (χ2n) is 4.04. The van der Waals surface area contributed by atoms with E-state index in [0.717, 1.165) is 13.1 Å². The van der Waals surface area contributed by atoms with Gasteiger partial charge >= 0.3 is 5.97 Å². The number of ether oxygens (including phenoxy) is 1. The van der Waals surface area contributed by atoms with Crippen LogP contribution in [0.3, 0.4) is 0 Å². The lowest BCUT2D eigenvalue weighted by Crippen LogP contribution is -2.41. The van der Waals surface area contributed by atoms with Gasteiger partial charge in [-0.15, -0.1) is 0 Å². The van der Waals surface area contributed by atoms with Crippen molar-refractivity contribution in [2.75, 3.05) is 27.2 Å². The van der Waals surface area contributed by atoms with Crippen LogP contribution in [0.5, 0.6) is 0 Å². The fourth-order valence-electron chi connectivity index (χ4n) is 1.95. The van der Waals surface area contributed by atoms with Crippen molar-refractivity contribution in [2.45, 2.75) is 5.92 Å². The number of methoxy groups -OCH3 is 1. The van der Waals surface area contributed by atoms with Gasteiger partial charge in [-0.05, 0) is 24.7 Å². The van der Waals surface area contributed by atoms with Crippen molar-refractivity contribution in [2.24, 2.45) is 0 Å². The molecule has 0 saturated carbocycles. The average Bonchev–Trinajstić information content (AvgIpc) is 2.24. The molecule has 1 aliphatic rings. The molecule has 1 saturated heterocycles. The van der Waals surface area contributed by atoms with Gasteiger partial charge in [-0.1, -0.05) is 12.1 Å². The molecule has 0 radical (unpaired) electrons. The number of hydrogen-bond acceptors (Lipinski definition) is 3.